The normalized spacial score (nSPS) is 29.2. The maximum atomic E-state index is 11.0. The van der Waals surface area contributed by atoms with E-state index in [-0.39, 0.29) is 18.1 Å². The fourth-order valence-corrected chi connectivity index (χ4v) is 2.59. The number of carboxylic acids is 1. The van der Waals surface area contributed by atoms with Crippen molar-refractivity contribution >= 4 is 5.97 Å². The zero-order valence-electron chi connectivity index (χ0n) is 11.0. The Morgan fingerprint density at radius 2 is 2.24 bits per heavy atom. The largest absolute Gasteiger partial charge is 0.481 e. The van der Waals surface area contributed by atoms with Gasteiger partial charge in [0.25, 0.3) is 0 Å². The highest BCUT2D eigenvalue weighted by atomic mass is 16.5. The van der Waals surface area contributed by atoms with Crippen molar-refractivity contribution in [3.05, 3.63) is 0 Å². The van der Waals surface area contributed by atoms with Gasteiger partial charge in [-0.1, -0.05) is 20.3 Å². The van der Waals surface area contributed by atoms with E-state index in [0.29, 0.717) is 6.61 Å². The van der Waals surface area contributed by atoms with Crippen LogP contribution in [0.3, 0.4) is 0 Å². The molecular weight excluding hydrogens is 218 g/mol. The van der Waals surface area contributed by atoms with Crippen LogP contribution in [0.25, 0.3) is 0 Å². The lowest BCUT2D eigenvalue weighted by atomic mass is 9.82. The highest BCUT2D eigenvalue weighted by Gasteiger charge is 2.37. The van der Waals surface area contributed by atoms with Crippen molar-refractivity contribution in [2.24, 2.45) is 0 Å². The molecule has 1 heterocycles. The van der Waals surface area contributed by atoms with E-state index in [2.05, 4.69) is 19.2 Å². The second kappa shape index (κ2) is 6.97. The highest BCUT2D eigenvalue weighted by molar-refractivity contribution is 5.68. The summed E-state index contributed by atoms with van der Waals surface area (Å²) < 4.78 is 5.70. The van der Waals surface area contributed by atoms with Crippen LogP contribution in [-0.2, 0) is 9.53 Å². The molecule has 17 heavy (non-hydrogen) atoms. The van der Waals surface area contributed by atoms with Crippen LogP contribution in [0.4, 0.5) is 0 Å². The molecule has 100 valence electrons. The summed E-state index contributed by atoms with van der Waals surface area (Å²) in [7, 11) is 0. The molecule has 0 aromatic rings. The van der Waals surface area contributed by atoms with Gasteiger partial charge in [0, 0.05) is 12.1 Å². The molecule has 0 aromatic carbocycles. The molecule has 1 fully saturated rings. The molecule has 1 aliphatic rings. The summed E-state index contributed by atoms with van der Waals surface area (Å²) in [5.74, 6) is -0.717. The van der Waals surface area contributed by atoms with Gasteiger partial charge in [-0.3, -0.25) is 4.79 Å². The van der Waals surface area contributed by atoms with Gasteiger partial charge in [0.2, 0.25) is 0 Å². The Bertz CT molecular complexity index is 243. The van der Waals surface area contributed by atoms with E-state index in [9.17, 15) is 4.79 Å². The molecule has 0 bridgehead atoms. The Kier molecular flexibility index (Phi) is 5.92. The van der Waals surface area contributed by atoms with E-state index in [0.717, 1.165) is 38.6 Å². The van der Waals surface area contributed by atoms with Crippen molar-refractivity contribution < 1.29 is 14.6 Å². The average Bonchev–Trinajstić information content (AvgIpc) is 2.26. The van der Waals surface area contributed by atoms with Crippen LogP contribution in [0, 0.1) is 0 Å². The van der Waals surface area contributed by atoms with Gasteiger partial charge in [-0.15, -0.1) is 0 Å². The van der Waals surface area contributed by atoms with E-state index < -0.39 is 5.97 Å². The van der Waals surface area contributed by atoms with Gasteiger partial charge in [-0.2, -0.15) is 0 Å². The smallest absolute Gasteiger partial charge is 0.305 e. The Balaban J connectivity index is 2.63. The fourth-order valence-electron chi connectivity index (χ4n) is 2.59. The topological polar surface area (TPSA) is 58.6 Å². The van der Waals surface area contributed by atoms with Crippen LogP contribution < -0.4 is 5.32 Å². The molecule has 0 aromatic heterocycles. The first-order valence-electron chi connectivity index (χ1n) is 6.70. The number of carbonyl (C=O) groups is 1. The van der Waals surface area contributed by atoms with Crippen LogP contribution in [0.1, 0.15) is 52.4 Å². The molecule has 4 nitrogen and oxygen atoms in total. The Hall–Kier alpha value is -0.610. The lowest BCUT2D eigenvalue weighted by Gasteiger charge is -2.41. The van der Waals surface area contributed by atoms with E-state index >= 15 is 0 Å². The lowest BCUT2D eigenvalue weighted by Crippen LogP contribution is -2.53. The van der Waals surface area contributed by atoms with Gasteiger partial charge in [-0.25, -0.2) is 0 Å². The summed E-state index contributed by atoms with van der Waals surface area (Å²) in [6, 6.07) is 0. The standard InChI is InChI=1S/C13H25NO3/c1-3-5-11-9-13(6-8-17-11,10-12(15)16)14-7-4-2/h11,14H,3-10H2,1-2H3,(H,15,16). The van der Waals surface area contributed by atoms with E-state index in [4.69, 9.17) is 9.84 Å². The maximum Gasteiger partial charge on any atom is 0.305 e. The summed E-state index contributed by atoms with van der Waals surface area (Å²) >= 11 is 0. The minimum Gasteiger partial charge on any atom is -0.481 e. The van der Waals surface area contributed by atoms with Crippen LogP contribution >= 0.6 is 0 Å². The van der Waals surface area contributed by atoms with E-state index in [1.54, 1.807) is 0 Å². The molecule has 4 heteroatoms. The third kappa shape index (κ3) is 4.64. The molecule has 0 amide bonds. The zero-order chi connectivity index (χ0) is 12.7. The number of nitrogens with one attached hydrogen (secondary N) is 1. The first-order valence-corrected chi connectivity index (χ1v) is 6.70. The minimum absolute atomic E-state index is 0.205. The van der Waals surface area contributed by atoms with Crippen molar-refractivity contribution in [1.29, 1.82) is 0 Å². The SMILES string of the molecule is CCCNC1(CC(=O)O)CCOC(CCC)C1. The summed E-state index contributed by atoms with van der Waals surface area (Å²) in [4.78, 5) is 11.0. The highest BCUT2D eigenvalue weighted by Crippen LogP contribution is 2.30. The summed E-state index contributed by atoms with van der Waals surface area (Å²) in [5.41, 5.74) is -0.250. The second-order valence-electron chi connectivity index (χ2n) is 5.01. The van der Waals surface area contributed by atoms with Gasteiger partial charge < -0.3 is 15.2 Å². The molecular formula is C13H25NO3. The van der Waals surface area contributed by atoms with E-state index in [1.165, 1.54) is 0 Å². The van der Waals surface area contributed by atoms with Crippen molar-refractivity contribution in [2.75, 3.05) is 13.2 Å². The van der Waals surface area contributed by atoms with Crippen molar-refractivity contribution in [3.8, 4) is 0 Å². The van der Waals surface area contributed by atoms with Gasteiger partial charge in [0.05, 0.1) is 12.5 Å². The third-order valence-corrected chi connectivity index (χ3v) is 3.40. The maximum absolute atomic E-state index is 11.0. The van der Waals surface area contributed by atoms with Crippen molar-refractivity contribution in [2.45, 2.75) is 64.0 Å². The Labute approximate surface area is 104 Å². The molecule has 1 saturated heterocycles. The minimum atomic E-state index is -0.717. The first-order chi connectivity index (χ1) is 8.12. The molecule has 2 N–H and O–H groups in total. The number of hydrogen-bond acceptors (Lipinski definition) is 3. The van der Waals surface area contributed by atoms with E-state index in [1.807, 2.05) is 0 Å². The number of hydrogen-bond donors (Lipinski definition) is 2. The number of ether oxygens (including phenoxy) is 1. The van der Waals surface area contributed by atoms with Gasteiger partial charge >= 0.3 is 5.97 Å². The Morgan fingerprint density at radius 1 is 1.47 bits per heavy atom. The predicted molar refractivity (Wildman–Crippen MR) is 67.2 cm³/mol. The van der Waals surface area contributed by atoms with Crippen molar-refractivity contribution in [1.82, 2.24) is 5.32 Å². The molecule has 2 atom stereocenters. The summed E-state index contributed by atoms with van der Waals surface area (Å²) in [5, 5.41) is 12.5. The molecule has 1 rings (SSSR count). The predicted octanol–water partition coefficient (Wildman–Crippen LogP) is 2.18. The zero-order valence-corrected chi connectivity index (χ0v) is 11.0. The molecule has 0 aliphatic carbocycles. The third-order valence-electron chi connectivity index (χ3n) is 3.40. The molecule has 0 saturated carbocycles. The number of aliphatic carboxylic acids is 1. The van der Waals surface area contributed by atoms with Gasteiger partial charge in [0.15, 0.2) is 0 Å². The molecule has 0 spiro atoms. The van der Waals surface area contributed by atoms with Gasteiger partial charge in [-0.05, 0) is 32.2 Å². The number of carboxylic acid groups (broad SMARTS) is 1. The fraction of sp³-hybridized carbons (Fsp3) is 0.923. The van der Waals surface area contributed by atoms with Crippen LogP contribution in [0.5, 0.6) is 0 Å². The average molecular weight is 243 g/mol. The summed E-state index contributed by atoms with van der Waals surface area (Å²) in [6.45, 7) is 5.79. The summed E-state index contributed by atoms with van der Waals surface area (Å²) in [6.07, 6.45) is 5.19. The second-order valence-corrected chi connectivity index (χ2v) is 5.01. The van der Waals surface area contributed by atoms with Gasteiger partial charge in [0.1, 0.15) is 0 Å². The first kappa shape index (κ1) is 14.5. The quantitative estimate of drug-likeness (QED) is 0.719. The number of rotatable bonds is 7. The van der Waals surface area contributed by atoms with Crippen molar-refractivity contribution in [3.63, 3.8) is 0 Å². The Morgan fingerprint density at radius 3 is 2.82 bits per heavy atom. The molecule has 2 unspecified atom stereocenters. The van der Waals surface area contributed by atoms with Crippen LogP contribution in [-0.4, -0.2) is 35.9 Å². The van der Waals surface area contributed by atoms with Crippen LogP contribution in [0.2, 0.25) is 0 Å². The molecule has 0 radical (unpaired) electrons. The molecule has 1 aliphatic heterocycles. The lowest BCUT2D eigenvalue weighted by molar-refractivity contribution is -0.140. The monoisotopic (exact) mass is 243 g/mol. The van der Waals surface area contributed by atoms with Crippen LogP contribution in [0.15, 0.2) is 0 Å².